The molecule has 80 valence electrons. The summed E-state index contributed by atoms with van der Waals surface area (Å²) < 4.78 is 0. The van der Waals surface area contributed by atoms with Gasteiger partial charge in [-0.25, -0.2) is 0 Å². The zero-order valence-corrected chi connectivity index (χ0v) is 8.58. The molecule has 2 amide bonds. The van der Waals surface area contributed by atoms with Crippen molar-refractivity contribution >= 4 is 11.8 Å². The predicted octanol–water partition coefficient (Wildman–Crippen LogP) is 0.414. The maximum absolute atomic E-state index is 11.6. The fourth-order valence-corrected chi connectivity index (χ4v) is 2.01. The van der Waals surface area contributed by atoms with Crippen LogP contribution in [0.4, 0.5) is 0 Å². The lowest BCUT2D eigenvalue weighted by atomic mass is 9.80. The molecule has 14 heavy (non-hydrogen) atoms. The minimum atomic E-state index is -0.484. The third-order valence-electron chi connectivity index (χ3n) is 2.89. The molecule has 0 spiro atoms. The summed E-state index contributed by atoms with van der Waals surface area (Å²) in [5.74, 6) is -0.00228. The molecule has 2 unspecified atom stereocenters. The Morgan fingerprint density at radius 1 is 1.36 bits per heavy atom. The van der Waals surface area contributed by atoms with Crippen molar-refractivity contribution in [3.05, 3.63) is 0 Å². The number of carbonyl (C=O) groups is 2. The van der Waals surface area contributed by atoms with Gasteiger partial charge in [-0.1, -0.05) is 19.8 Å². The largest absolute Gasteiger partial charge is 0.368 e. The van der Waals surface area contributed by atoms with Crippen molar-refractivity contribution in [1.82, 2.24) is 5.32 Å². The van der Waals surface area contributed by atoms with E-state index in [0.29, 0.717) is 5.92 Å². The molecule has 1 saturated carbocycles. The second-order valence-corrected chi connectivity index (χ2v) is 4.05. The Kier molecular flexibility index (Phi) is 3.92. The maximum atomic E-state index is 11.6. The highest BCUT2D eigenvalue weighted by molar-refractivity contribution is 5.85. The Bertz CT molecular complexity index is 228. The summed E-state index contributed by atoms with van der Waals surface area (Å²) >= 11 is 0. The molecule has 0 aromatic heterocycles. The smallest absolute Gasteiger partial charge is 0.236 e. The first-order chi connectivity index (χ1) is 6.61. The molecule has 4 nitrogen and oxygen atoms in total. The van der Waals surface area contributed by atoms with Gasteiger partial charge in [0, 0.05) is 5.92 Å². The molecule has 0 aromatic carbocycles. The van der Waals surface area contributed by atoms with Gasteiger partial charge < -0.3 is 11.1 Å². The molecular weight excluding hydrogens is 180 g/mol. The molecule has 0 aliphatic heterocycles. The number of carbonyl (C=O) groups excluding carboxylic acids is 2. The maximum Gasteiger partial charge on any atom is 0.236 e. The van der Waals surface area contributed by atoms with Gasteiger partial charge in [-0.05, 0) is 18.8 Å². The van der Waals surface area contributed by atoms with Crippen LogP contribution in [-0.2, 0) is 9.59 Å². The molecular formula is C10H18N2O2. The highest BCUT2D eigenvalue weighted by Crippen LogP contribution is 2.29. The monoisotopic (exact) mass is 198 g/mol. The Balaban J connectivity index is 2.38. The van der Waals surface area contributed by atoms with E-state index in [1.54, 1.807) is 0 Å². The number of primary amides is 1. The molecule has 3 N–H and O–H groups in total. The number of hydrogen-bond donors (Lipinski definition) is 2. The van der Waals surface area contributed by atoms with E-state index in [1.807, 2.05) is 0 Å². The second-order valence-electron chi connectivity index (χ2n) is 4.05. The van der Waals surface area contributed by atoms with Crippen LogP contribution < -0.4 is 11.1 Å². The highest BCUT2D eigenvalue weighted by atomic mass is 16.2. The Morgan fingerprint density at radius 3 is 2.57 bits per heavy atom. The first-order valence-corrected chi connectivity index (χ1v) is 5.17. The average Bonchev–Trinajstić information content (AvgIpc) is 2.15. The highest BCUT2D eigenvalue weighted by Gasteiger charge is 2.27. The minimum Gasteiger partial charge on any atom is -0.368 e. The van der Waals surface area contributed by atoms with Crippen LogP contribution in [0.5, 0.6) is 0 Å². The van der Waals surface area contributed by atoms with E-state index in [-0.39, 0.29) is 18.4 Å². The molecule has 1 fully saturated rings. The van der Waals surface area contributed by atoms with Crippen molar-refractivity contribution in [3.63, 3.8) is 0 Å². The van der Waals surface area contributed by atoms with E-state index in [9.17, 15) is 9.59 Å². The lowest BCUT2D eigenvalue weighted by molar-refractivity contribution is -0.129. The lowest BCUT2D eigenvalue weighted by Gasteiger charge is -2.27. The first kappa shape index (κ1) is 11.0. The third-order valence-corrected chi connectivity index (χ3v) is 2.89. The average molecular weight is 198 g/mol. The van der Waals surface area contributed by atoms with Gasteiger partial charge in [0.25, 0.3) is 0 Å². The molecule has 0 saturated heterocycles. The van der Waals surface area contributed by atoms with Gasteiger partial charge in [0.2, 0.25) is 11.8 Å². The Hall–Kier alpha value is -1.06. The third kappa shape index (κ3) is 3.01. The standard InChI is InChI=1S/C10H18N2O2/c1-7-4-2-3-5-8(7)10(14)12-6-9(11)13/h7-8H,2-6H2,1H3,(H2,11,13)(H,12,14). The zero-order chi connectivity index (χ0) is 10.6. The van der Waals surface area contributed by atoms with E-state index >= 15 is 0 Å². The molecule has 1 aliphatic rings. The molecule has 2 atom stereocenters. The molecule has 0 bridgehead atoms. The van der Waals surface area contributed by atoms with Crippen LogP contribution in [-0.4, -0.2) is 18.4 Å². The zero-order valence-electron chi connectivity index (χ0n) is 8.58. The fourth-order valence-electron chi connectivity index (χ4n) is 2.01. The molecule has 0 radical (unpaired) electrons. The Labute approximate surface area is 84.2 Å². The van der Waals surface area contributed by atoms with Crippen molar-refractivity contribution in [1.29, 1.82) is 0 Å². The van der Waals surface area contributed by atoms with Gasteiger partial charge in [-0.2, -0.15) is 0 Å². The van der Waals surface area contributed by atoms with E-state index in [2.05, 4.69) is 12.2 Å². The number of rotatable bonds is 3. The van der Waals surface area contributed by atoms with Crippen LogP contribution in [0.25, 0.3) is 0 Å². The van der Waals surface area contributed by atoms with E-state index in [1.165, 1.54) is 6.42 Å². The summed E-state index contributed by atoms with van der Waals surface area (Å²) in [6, 6.07) is 0. The summed E-state index contributed by atoms with van der Waals surface area (Å²) in [4.78, 5) is 22.1. The van der Waals surface area contributed by atoms with E-state index < -0.39 is 5.91 Å². The molecule has 0 aromatic rings. The molecule has 1 aliphatic carbocycles. The minimum absolute atomic E-state index is 0.0176. The summed E-state index contributed by atoms with van der Waals surface area (Å²) in [7, 11) is 0. The van der Waals surface area contributed by atoms with Crippen LogP contribution in [0, 0.1) is 11.8 Å². The number of nitrogens with two attached hydrogens (primary N) is 1. The molecule has 0 heterocycles. The number of hydrogen-bond acceptors (Lipinski definition) is 2. The van der Waals surface area contributed by atoms with Crippen LogP contribution >= 0.6 is 0 Å². The number of nitrogens with one attached hydrogen (secondary N) is 1. The predicted molar refractivity (Wildman–Crippen MR) is 53.3 cm³/mol. The van der Waals surface area contributed by atoms with Crippen LogP contribution in [0.15, 0.2) is 0 Å². The fraction of sp³-hybridized carbons (Fsp3) is 0.800. The second kappa shape index (κ2) is 4.98. The Morgan fingerprint density at radius 2 is 2.00 bits per heavy atom. The lowest BCUT2D eigenvalue weighted by Crippen LogP contribution is -2.40. The van der Waals surface area contributed by atoms with Gasteiger partial charge in [-0.3, -0.25) is 9.59 Å². The van der Waals surface area contributed by atoms with Crippen LogP contribution in [0.3, 0.4) is 0 Å². The normalized spacial score (nSPS) is 26.9. The van der Waals surface area contributed by atoms with Gasteiger partial charge in [0.1, 0.15) is 0 Å². The van der Waals surface area contributed by atoms with Crippen molar-refractivity contribution in [2.24, 2.45) is 17.6 Å². The summed E-state index contributed by atoms with van der Waals surface area (Å²) in [5, 5.41) is 2.57. The van der Waals surface area contributed by atoms with Crippen molar-refractivity contribution in [2.45, 2.75) is 32.6 Å². The summed E-state index contributed by atoms with van der Waals surface area (Å²) in [6.45, 7) is 2.05. The topological polar surface area (TPSA) is 72.2 Å². The van der Waals surface area contributed by atoms with Crippen LogP contribution in [0.1, 0.15) is 32.6 Å². The first-order valence-electron chi connectivity index (χ1n) is 5.17. The van der Waals surface area contributed by atoms with Gasteiger partial charge >= 0.3 is 0 Å². The van der Waals surface area contributed by atoms with Gasteiger partial charge in [0.15, 0.2) is 0 Å². The van der Waals surface area contributed by atoms with Gasteiger partial charge in [-0.15, -0.1) is 0 Å². The van der Waals surface area contributed by atoms with Crippen molar-refractivity contribution in [2.75, 3.05) is 6.54 Å². The van der Waals surface area contributed by atoms with Crippen LogP contribution in [0.2, 0.25) is 0 Å². The number of amides is 2. The SMILES string of the molecule is CC1CCCCC1C(=O)NCC(N)=O. The van der Waals surface area contributed by atoms with Crippen molar-refractivity contribution in [3.8, 4) is 0 Å². The summed E-state index contributed by atoms with van der Waals surface area (Å²) in [5.41, 5.74) is 4.95. The quantitative estimate of drug-likeness (QED) is 0.689. The van der Waals surface area contributed by atoms with E-state index in [4.69, 9.17) is 5.73 Å². The summed E-state index contributed by atoms with van der Waals surface area (Å²) in [6.07, 6.45) is 4.36. The van der Waals surface area contributed by atoms with E-state index in [0.717, 1.165) is 19.3 Å². The molecule has 4 heteroatoms. The van der Waals surface area contributed by atoms with Gasteiger partial charge in [0.05, 0.1) is 6.54 Å². The molecule has 1 rings (SSSR count). The van der Waals surface area contributed by atoms with Crippen molar-refractivity contribution < 1.29 is 9.59 Å².